The van der Waals surface area contributed by atoms with Crippen LogP contribution in [-0.2, 0) is 0 Å². The average molecular weight is 381 g/mol. The Morgan fingerprint density at radius 2 is 1.68 bits per heavy atom. The molecule has 0 saturated carbocycles. The highest BCUT2D eigenvalue weighted by atomic mass is 16.5. The molecular formula is C19H19N5O4. The minimum absolute atomic E-state index is 0.120. The fraction of sp³-hybridized carbons (Fsp3) is 0.211. The Balaban J connectivity index is 1.70. The summed E-state index contributed by atoms with van der Waals surface area (Å²) in [5, 5.41) is 0. The van der Waals surface area contributed by atoms with Crippen LogP contribution >= 0.6 is 0 Å². The number of primary amides is 1. The molecule has 3 rings (SSSR count). The van der Waals surface area contributed by atoms with Gasteiger partial charge in [0.25, 0.3) is 5.91 Å². The molecule has 2 heterocycles. The van der Waals surface area contributed by atoms with Crippen molar-refractivity contribution in [3.05, 3.63) is 54.2 Å². The third-order valence-corrected chi connectivity index (χ3v) is 3.73. The molecule has 0 spiro atoms. The first-order chi connectivity index (χ1) is 13.6. The maximum absolute atomic E-state index is 11.4. The van der Waals surface area contributed by atoms with Gasteiger partial charge in [0, 0.05) is 6.20 Å². The maximum atomic E-state index is 11.4. The second-order valence-electron chi connectivity index (χ2n) is 5.75. The van der Waals surface area contributed by atoms with Crippen molar-refractivity contribution in [2.45, 2.75) is 6.92 Å². The highest BCUT2D eigenvalue weighted by Gasteiger charge is 2.14. The molecule has 2 aromatic heterocycles. The molecule has 0 aliphatic heterocycles. The number of nitrogens with zero attached hydrogens (tertiary/aromatic N) is 4. The SMILES string of the molecule is COc1cnc(OCCOc2nc(C(N)=O)ncc2-c2ccc(C)cc2)nc1. The number of benzene rings is 1. The van der Waals surface area contributed by atoms with Crippen molar-refractivity contribution >= 4 is 5.91 Å². The lowest BCUT2D eigenvalue weighted by Gasteiger charge is -2.11. The molecule has 1 aromatic carbocycles. The van der Waals surface area contributed by atoms with Gasteiger partial charge in [0.2, 0.25) is 11.7 Å². The van der Waals surface area contributed by atoms with Gasteiger partial charge in [0.05, 0.1) is 25.1 Å². The van der Waals surface area contributed by atoms with Gasteiger partial charge in [-0.3, -0.25) is 4.79 Å². The molecule has 144 valence electrons. The van der Waals surface area contributed by atoms with Crippen molar-refractivity contribution in [2.75, 3.05) is 20.3 Å². The summed E-state index contributed by atoms with van der Waals surface area (Å²) in [5.41, 5.74) is 7.90. The van der Waals surface area contributed by atoms with Crippen molar-refractivity contribution in [2.24, 2.45) is 5.73 Å². The number of aryl methyl sites for hydroxylation is 1. The molecule has 0 atom stereocenters. The molecular weight excluding hydrogens is 362 g/mol. The fourth-order valence-corrected chi connectivity index (χ4v) is 2.28. The second kappa shape index (κ2) is 8.76. The molecule has 0 aliphatic rings. The van der Waals surface area contributed by atoms with Crippen LogP contribution < -0.4 is 19.9 Å². The van der Waals surface area contributed by atoms with Gasteiger partial charge >= 0.3 is 6.01 Å². The lowest BCUT2D eigenvalue weighted by atomic mass is 10.1. The van der Waals surface area contributed by atoms with Crippen LogP contribution in [0.5, 0.6) is 17.6 Å². The van der Waals surface area contributed by atoms with Crippen LogP contribution in [0.25, 0.3) is 11.1 Å². The van der Waals surface area contributed by atoms with E-state index in [0.717, 1.165) is 11.1 Å². The van der Waals surface area contributed by atoms with E-state index in [9.17, 15) is 4.79 Å². The first kappa shape index (κ1) is 19.0. The summed E-state index contributed by atoms with van der Waals surface area (Å²) < 4.78 is 16.1. The monoisotopic (exact) mass is 381 g/mol. The largest absolute Gasteiger partial charge is 0.494 e. The molecule has 0 saturated heterocycles. The number of nitrogens with two attached hydrogens (primary N) is 1. The summed E-state index contributed by atoms with van der Waals surface area (Å²) >= 11 is 0. The predicted octanol–water partition coefficient (Wildman–Crippen LogP) is 1.81. The van der Waals surface area contributed by atoms with Gasteiger partial charge < -0.3 is 19.9 Å². The number of aromatic nitrogens is 4. The van der Waals surface area contributed by atoms with Gasteiger partial charge in [0.15, 0.2) is 5.75 Å². The molecule has 2 N–H and O–H groups in total. The molecule has 9 heteroatoms. The molecule has 1 amide bonds. The van der Waals surface area contributed by atoms with Gasteiger partial charge in [0.1, 0.15) is 13.2 Å². The average Bonchev–Trinajstić information content (AvgIpc) is 2.72. The van der Waals surface area contributed by atoms with Crippen LogP contribution in [0.4, 0.5) is 0 Å². The number of amides is 1. The molecule has 0 radical (unpaired) electrons. The van der Waals surface area contributed by atoms with Crippen LogP contribution in [-0.4, -0.2) is 46.2 Å². The van der Waals surface area contributed by atoms with E-state index in [-0.39, 0.29) is 30.9 Å². The van der Waals surface area contributed by atoms with Gasteiger partial charge in [-0.1, -0.05) is 29.8 Å². The standard InChI is InChI=1S/C19H19N5O4/c1-12-3-5-13(6-4-12)15-11-21-17(16(20)25)24-18(15)27-7-8-28-19-22-9-14(26-2)10-23-19/h3-6,9-11H,7-8H2,1-2H3,(H2,20,25). The Morgan fingerprint density at radius 3 is 2.32 bits per heavy atom. The fourth-order valence-electron chi connectivity index (χ4n) is 2.28. The number of carbonyl (C=O) groups excluding carboxylic acids is 1. The Morgan fingerprint density at radius 1 is 1.00 bits per heavy atom. The van der Waals surface area contributed by atoms with Crippen molar-refractivity contribution in [1.29, 1.82) is 0 Å². The maximum Gasteiger partial charge on any atom is 0.316 e. The number of hydrogen-bond donors (Lipinski definition) is 1. The van der Waals surface area contributed by atoms with Crippen molar-refractivity contribution in [1.82, 2.24) is 19.9 Å². The topological polar surface area (TPSA) is 122 Å². The molecule has 9 nitrogen and oxygen atoms in total. The van der Waals surface area contributed by atoms with Gasteiger partial charge in [-0.25, -0.2) is 4.98 Å². The van der Waals surface area contributed by atoms with Crippen LogP contribution in [0, 0.1) is 6.92 Å². The number of ether oxygens (including phenoxy) is 3. The highest BCUT2D eigenvalue weighted by molar-refractivity contribution is 5.89. The smallest absolute Gasteiger partial charge is 0.316 e. The van der Waals surface area contributed by atoms with E-state index in [1.54, 1.807) is 0 Å². The zero-order chi connectivity index (χ0) is 19.9. The van der Waals surface area contributed by atoms with Gasteiger partial charge in [-0.2, -0.15) is 15.0 Å². The normalized spacial score (nSPS) is 10.4. The lowest BCUT2D eigenvalue weighted by molar-refractivity contribution is 0.0989. The first-order valence-corrected chi connectivity index (χ1v) is 8.42. The zero-order valence-electron chi connectivity index (χ0n) is 15.5. The van der Waals surface area contributed by atoms with E-state index in [1.165, 1.54) is 25.7 Å². The van der Waals surface area contributed by atoms with E-state index in [0.29, 0.717) is 11.3 Å². The zero-order valence-corrected chi connectivity index (χ0v) is 15.5. The third-order valence-electron chi connectivity index (χ3n) is 3.73. The number of hydrogen-bond acceptors (Lipinski definition) is 8. The quantitative estimate of drug-likeness (QED) is 0.586. The van der Waals surface area contributed by atoms with Crippen LogP contribution in [0.2, 0.25) is 0 Å². The first-order valence-electron chi connectivity index (χ1n) is 8.42. The molecule has 28 heavy (non-hydrogen) atoms. The van der Waals surface area contributed by atoms with E-state index < -0.39 is 5.91 Å². The van der Waals surface area contributed by atoms with Crippen LogP contribution in [0.3, 0.4) is 0 Å². The molecule has 0 bridgehead atoms. The van der Waals surface area contributed by atoms with Gasteiger partial charge in [-0.05, 0) is 12.5 Å². The summed E-state index contributed by atoms with van der Waals surface area (Å²) in [6.07, 6.45) is 4.52. The van der Waals surface area contributed by atoms with Crippen molar-refractivity contribution in [3.63, 3.8) is 0 Å². The Bertz CT molecular complexity index is 946. The number of methoxy groups -OCH3 is 1. The minimum atomic E-state index is -0.733. The highest BCUT2D eigenvalue weighted by Crippen LogP contribution is 2.27. The summed E-state index contributed by atoms with van der Waals surface area (Å²) in [4.78, 5) is 27.5. The van der Waals surface area contributed by atoms with E-state index >= 15 is 0 Å². The molecule has 0 aliphatic carbocycles. The Kier molecular flexibility index (Phi) is 5.95. The van der Waals surface area contributed by atoms with E-state index in [1.807, 2.05) is 31.2 Å². The van der Waals surface area contributed by atoms with Crippen molar-refractivity contribution in [3.8, 4) is 28.8 Å². The lowest BCUT2D eigenvalue weighted by Crippen LogP contribution is -2.17. The van der Waals surface area contributed by atoms with E-state index in [4.69, 9.17) is 19.9 Å². The summed E-state index contributed by atoms with van der Waals surface area (Å²) in [6.45, 7) is 2.32. The summed E-state index contributed by atoms with van der Waals surface area (Å²) in [7, 11) is 1.53. The Hall–Kier alpha value is -3.75. The molecule has 3 aromatic rings. The number of rotatable bonds is 8. The minimum Gasteiger partial charge on any atom is -0.494 e. The summed E-state index contributed by atoms with van der Waals surface area (Å²) in [6, 6.07) is 7.97. The predicted molar refractivity (Wildman–Crippen MR) is 100 cm³/mol. The third kappa shape index (κ3) is 4.70. The summed E-state index contributed by atoms with van der Waals surface area (Å²) in [5.74, 6) is -0.0772. The van der Waals surface area contributed by atoms with Crippen molar-refractivity contribution < 1.29 is 19.0 Å². The molecule has 0 unspecified atom stereocenters. The Labute approximate surface area is 161 Å². The molecule has 0 fully saturated rings. The van der Waals surface area contributed by atoms with E-state index in [2.05, 4.69) is 19.9 Å². The van der Waals surface area contributed by atoms with Crippen LogP contribution in [0.1, 0.15) is 16.2 Å². The number of carbonyl (C=O) groups is 1. The second-order valence-corrected chi connectivity index (χ2v) is 5.75. The van der Waals surface area contributed by atoms with Gasteiger partial charge in [-0.15, -0.1) is 0 Å². The van der Waals surface area contributed by atoms with Crippen LogP contribution in [0.15, 0.2) is 42.9 Å².